The van der Waals surface area contributed by atoms with E-state index in [1.807, 2.05) is 37.7 Å². The predicted molar refractivity (Wildman–Crippen MR) is 105 cm³/mol. The van der Waals surface area contributed by atoms with Gasteiger partial charge in [-0.15, -0.1) is 0 Å². The second-order valence-corrected chi connectivity index (χ2v) is 7.18. The Kier molecular flexibility index (Phi) is 5.08. The highest BCUT2D eigenvalue weighted by Crippen LogP contribution is 2.22. The Morgan fingerprint density at radius 2 is 1.82 bits per heavy atom. The zero-order chi connectivity index (χ0) is 19.7. The lowest BCUT2D eigenvalue weighted by Gasteiger charge is -2.37. The van der Waals surface area contributed by atoms with Gasteiger partial charge in [-0.2, -0.15) is 10.1 Å². The summed E-state index contributed by atoms with van der Waals surface area (Å²) in [5.41, 5.74) is 2.02. The van der Waals surface area contributed by atoms with Gasteiger partial charge in [-0.05, 0) is 26.8 Å². The second kappa shape index (κ2) is 7.67. The molecule has 0 amide bonds. The molecule has 1 unspecified atom stereocenters. The van der Waals surface area contributed by atoms with Gasteiger partial charge < -0.3 is 9.42 Å². The maximum absolute atomic E-state index is 5.41. The Labute approximate surface area is 164 Å². The van der Waals surface area contributed by atoms with Crippen molar-refractivity contribution in [1.29, 1.82) is 0 Å². The molecule has 1 aliphatic heterocycles. The van der Waals surface area contributed by atoms with Gasteiger partial charge in [0.2, 0.25) is 5.89 Å². The van der Waals surface area contributed by atoms with Crippen molar-refractivity contribution in [3.05, 3.63) is 41.6 Å². The molecule has 1 aliphatic rings. The molecule has 0 spiro atoms. The highest BCUT2D eigenvalue weighted by molar-refractivity contribution is 5.40. The Morgan fingerprint density at radius 3 is 2.46 bits per heavy atom. The molecule has 4 rings (SSSR count). The van der Waals surface area contributed by atoms with Crippen LogP contribution in [0, 0.1) is 13.8 Å². The number of hydrogen-bond acceptors (Lipinski definition) is 8. The van der Waals surface area contributed by atoms with Crippen LogP contribution < -0.4 is 4.90 Å². The summed E-state index contributed by atoms with van der Waals surface area (Å²) in [5, 5.41) is 8.52. The largest absolute Gasteiger partial charge is 0.353 e. The summed E-state index contributed by atoms with van der Waals surface area (Å²) in [6, 6.07) is 2.15. The van der Waals surface area contributed by atoms with Crippen LogP contribution in [0.4, 0.5) is 5.82 Å². The van der Waals surface area contributed by atoms with Crippen molar-refractivity contribution in [3.8, 4) is 5.82 Å². The van der Waals surface area contributed by atoms with Crippen LogP contribution in [0.25, 0.3) is 5.82 Å². The van der Waals surface area contributed by atoms with Crippen LogP contribution in [-0.4, -0.2) is 61.0 Å². The van der Waals surface area contributed by atoms with Gasteiger partial charge in [0.25, 0.3) is 0 Å². The first-order chi connectivity index (χ1) is 13.5. The van der Waals surface area contributed by atoms with E-state index in [1.54, 1.807) is 6.20 Å². The third-order valence-electron chi connectivity index (χ3n) is 5.18. The Hall–Kier alpha value is -2.81. The SMILES string of the molecule is CCc1noc(C(C)N2CCN(c3cncc(-n4nc(C)cc4C)n3)CC2)n1. The third-order valence-corrected chi connectivity index (χ3v) is 5.18. The van der Waals surface area contributed by atoms with E-state index in [1.165, 1.54) is 0 Å². The van der Waals surface area contributed by atoms with Crippen molar-refractivity contribution in [2.45, 2.75) is 40.2 Å². The van der Waals surface area contributed by atoms with Crippen LogP contribution in [0.3, 0.4) is 0 Å². The van der Waals surface area contributed by atoms with Gasteiger partial charge in [0.1, 0.15) is 5.82 Å². The first-order valence-corrected chi connectivity index (χ1v) is 9.72. The van der Waals surface area contributed by atoms with Gasteiger partial charge in [-0.3, -0.25) is 9.88 Å². The molecule has 28 heavy (non-hydrogen) atoms. The van der Waals surface area contributed by atoms with Crippen LogP contribution in [0.1, 0.15) is 43.0 Å². The van der Waals surface area contributed by atoms with E-state index < -0.39 is 0 Å². The number of aryl methyl sites for hydroxylation is 3. The topological polar surface area (TPSA) is 89.0 Å². The van der Waals surface area contributed by atoms with Crippen LogP contribution in [0.5, 0.6) is 0 Å². The van der Waals surface area contributed by atoms with Crippen molar-refractivity contribution in [2.75, 3.05) is 31.1 Å². The molecule has 0 radical (unpaired) electrons. The smallest absolute Gasteiger partial charge is 0.243 e. The Bertz CT molecular complexity index is 941. The van der Waals surface area contributed by atoms with E-state index in [9.17, 15) is 0 Å². The molecule has 1 atom stereocenters. The minimum absolute atomic E-state index is 0.113. The number of hydrogen-bond donors (Lipinski definition) is 0. The van der Waals surface area contributed by atoms with E-state index >= 15 is 0 Å². The molecule has 0 aromatic carbocycles. The fraction of sp³-hybridized carbons (Fsp3) is 0.526. The zero-order valence-electron chi connectivity index (χ0n) is 16.8. The molecular formula is C19H26N8O. The maximum Gasteiger partial charge on any atom is 0.243 e. The summed E-state index contributed by atoms with van der Waals surface area (Å²) in [5.74, 6) is 3.08. The monoisotopic (exact) mass is 382 g/mol. The van der Waals surface area contributed by atoms with E-state index in [-0.39, 0.29) is 6.04 Å². The number of rotatable bonds is 5. The van der Waals surface area contributed by atoms with Gasteiger partial charge in [-0.25, -0.2) is 9.67 Å². The van der Waals surface area contributed by atoms with Crippen molar-refractivity contribution in [2.24, 2.45) is 0 Å². The zero-order valence-corrected chi connectivity index (χ0v) is 16.8. The summed E-state index contributed by atoms with van der Waals surface area (Å²) < 4.78 is 7.25. The molecule has 3 aromatic heterocycles. The Balaban J connectivity index is 1.44. The lowest BCUT2D eigenvalue weighted by Crippen LogP contribution is -2.47. The number of aromatic nitrogens is 6. The molecule has 9 heteroatoms. The second-order valence-electron chi connectivity index (χ2n) is 7.18. The molecule has 0 saturated carbocycles. The lowest BCUT2D eigenvalue weighted by molar-refractivity contribution is 0.164. The third kappa shape index (κ3) is 3.62. The number of nitrogens with zero attached hydrogens (tertiary/aromatic N) is 8. The Morgan fingerprint density at radius 1 is 1.07 bits per heavy atom. The molecule has 0 N–H and O–H groups in total. The number of anilines is 1. The molecule has 9 nitrogen and oxygen atoms in total. The fourth-order valence-corrected chi connectivity index (χ4v) is 3.54. The lowest BCUT2D eigenvalue weighted by atomic mass is 10.2. The molecule has 3 aromatic rings. The van der Waals surface area contributed by atoms with Gasteiger partial charge in [0.05, 0.1) is 24.1 Å². The van der Waals surface area contributed by atoms with Gasteiger partial charge in [0.15, 0.2) is 11.6 Å². The van der Waals surface area contributed by atoms with Crippen LogP contribution in [0.2, 0.25) is 0 Å². The van der Waals surface area contributed by atoms with Crippen molar-refractivity contribution in [3.63, 3.8) is 0 Å². The summed E-state index contributed by atoms with van der Waals surface area (Å²) in [6.07, 6.45) is 4.36. The standard InChI is InChI=1S/C19H26N8O/c1-5-16-21-19(28-24-16)15(4)25-6-8-26(9-7-25)17-11-20-12-18(22-17)27-14(3)10-13(2)23-27/h10-12,15H,5-9H2,1-4H3. The summed E-state index contributed by atoms with van der Waals surface area (Å²) >= 11 is 0. The highest BCUT2D eigenvalue weighted by Gasteiger charge is 2.26. The van der Waals surface area contributed by atoms with Crippen molar-refractivity contribution in [1.82, 2.24) is 34.8 Å². The molecule has 148 valence electrons. The van der Waals surface area contributed by atoms with Crippen LogP contribution in [0.15, 0.2) is 23.0 Å². The molecule has 0 aliphatic carbocycles. The van der Waals surface area contributed by atoms with E-state index in [2.05, 4.69) is 36.9 Å². The summed E-state index contributed by atoms with van der Waals surface area (Å²) in [4.78, 5) is 18.3. The minimum atomic E-state index is 0.113. The van der Waals surface area contributed by atoms with Gasteiger partial charge in [0, 0.05) is 38.3 Å². The van der Waals surface area contributed by atoms with Crippen LogP contribution >= 0.6 is 0 Å². The molecule has 1 fully saturated rings. The van der Waals surface area contributed by atoms with Crippen molar-refractivity contribution >= 4 is 5.82 Å². The van der Waals surface area contributed by atoms with E-state index in [0.29, 0.717) is 5.89 Å². The van der Waals surface area contributed by atoms with Gasteiger partial charge >= 0.3 is 0 Å². The molecule has 0 bridgehead atoms. The molecule has 4 heterocycles. The first kappa shape index (κ1) is 18.5. The quantitative estimate of drug-likeness (QED) is 0.663. The van der Waals surface area contributed by atoms with Crippen molar-refractivity contribution < 1.29 is 4.52 Å². The maximum atomic E-state index is 5.41. The van der Waals surface area contributed by atoms with E-state index in [0.717, 1.165) is 61.4 Å². The summed E-state index contributed by atoms with van der Waals surface area (Å²) in [6.45, 7) is 11.7. The average molecular weight is 382 g/mol. The minimum Gasteiger partial charge on any atom is -0.353 e. The summed E-state index contributed by atoms with van der Waals surface area (Å²) in [7, 11) is 0. The molecule has 1 saturated heterocycles. The normalized spacial score (nSPS) is 16.5. The molecular weight excluding hydrogens is 356 g/mol. The first-order valence-electron chi connectivity index (χ1n) is 9.72. The van der Waals surface area contributed by atoms with E-state index in [4.69, 9.17) is 9.51 Å². The fourth-order valence-electron chi connectivity index (χ4n) is 3.54. The van der Waals surface area contributed by atoms with Gasteiger partial charge in [-0.1, -0.05) is 12.1 Å². The van der Waals surface area contributed by atoms with Crippen LogP contribution in [-0.2, 0) is 6.42 Å². The highest BCUT2D eigenvalue weighted by atomic mass is 16.5. The average Bonchev–Trinajstić information content (AvgIpc) is 3.33. The number of piperazine rings is 1. The predicted octanol–water partition coefficient (Wildman–Crippen LogP) is 2.11.